The van der Waals surface area contributed by atoms with Crippen molar-refractivity contribution in [3.63, 3.8) is 0 Å². The molecular formula is C14H18N2O5S2. The average molecular weight is 358 g/mol. The fourth-order valence-electron chi connectivity index (χ4n) is 1.89. The molecule has 0 spiro atoms. The lowest BCUT2D eigenvalue weighted by molar-refractivity contribution is 0.0619. The van der Waals surface area contributed by atoms with Gasteiger partial charge in [0.25, 0.3) is 10.1 Å². The van der Waals surface area contributed by atoms with Gasteiger partial charge in [0.2, 0.25) is 0 Å². The van der Waals surface area contributed by atoms with E-state index in [-0.39, 0.29) is 5.75 Å². The first kappa shape index (κ1) is 17.7. The van der Waals surface area contributed by atoms with Crippen molar-refractivity contribution in [2.75, 3.05) is 12.4 Å². The van der Waals surface area contributed by atoms with Crippen LogP contribution < -0.4 is 14.8 Å². The highest BCUT2D eigenvalue weighted by atomic mass is 32.2. The Bertz CT molecular complexity index is 663. The van der Waals surface area contributed by atoms with E-state index in [0.717, 1.165) is 0 Å². The average Bonchev–Trinajstić information content (AvgIpc) is 2.95. The molecule has 3 heterocycles. The third kappa shape index (κ3) is 6.53. The van der Waals surface area contributed by atoms with Crippen molar-refractivity contribution in [3.8, 4) is 11.5 Å². The predicted octanol–water partition coefficient (Wildman–Crippen LogP) is 1.79. The molecule has 9 heteroatoms. The zero-order valence-corrected chi connectivity index (χ0v) is 14.1. The summed E-state index contributed by atoms with van der Waals surface area (Å²) in [6, 6.07) is 5.30. The van der Waals surface area contributed by atoms with Crippen molar-refractivity contribution in [2.45, 2.75) is 19.2 Å². The van der Waals surface area contributed by atoms with Gasteiger partial charge in [-0.05, 0) is 19.1 Å². The van der Waals surface area contributed by atoms with Crippen LogP contribution in [0, 0.1) is 0 Å². The molecule has 0 saturated carbocycles. The van der Waals surface area contributed by atoms with Crippen molar-refractivity contribution in [1.29, 1.82) is 0 Å². The van der Waals surface area contributed by atoms with Gasteiger partial charge in [-0.1, -0.05) is 6.07 Å². The smallest absolute Gasteiger partial charge is 0.266 e. The van der Waals surface area contributed by atoms with Gasteiger partial charge in [-0.25, -0.2) is 0 Å². The Hall–Kier alpha value is -1.68. The van der Waals surface area contributed by atoms with E-state index in [1.807, 2.05) is 29.0 Å². The van der Waals surface area contributed by atoms with Gasteiger partial charge >= 0.3 is 0 Å². The number of fused-ring (bicyclic) bond motifs is 1. The molecule has 0 radical (unpaired) electrons. The maximum Gasteiger partial charge on any atom is 0.266 e. The summed E-state index contributed by atoms with van der Waals surface area (Å²) >= 11 is 1.47. The minimum Gasteiger partial charge on any atom is -0.483 e. The van der Waals surface area contributed by atoms with E-state index in [0.29, 0.717) is 18.1 Å². The SMILES string of the molecule is CC(CS(=O)(=O)O)NC1COc2cscc2O1.c1ccncc1. The Morgan fingerprint density at radius 3 is 2.61 bits per heavy atom. The third-order valence-corrected chi connectivity index (χ3v) is 4.37. The van der Waals surface area contributed by atoms with Crippen molar-refractivity contribution in [3.05, 3.63) is 41.4 Å². The number of nitrogens with one attached hydrogen (secondary N) is 1. The number of rotatable bonds is 4. The lowest BCUT2D eigenvalue weighted by Gasteiger charge is -2.27. The molecule has 2 unspecified atom stereocenters. The van der Waals surface area contributed by atoms with Crippen LogP contribution in [0.1, 0.15) is 6.92 Å². The predicted molar refractivity (Wildman–Crippen MR) is 87.5 cm³/mol. The van der Waals surface area contributed by atoms with Crippen LogP contribution in [0.2, 0.25) is 0 Å². The second-order valence-corrected chi connectivity index (χ2v) is 7.10. The van der Waals surface area contributed by atoms with Gasteiger partial charge in [-0.15, -0.1) is 11.3 Å². The zero-order valence-electron chi connectivity index (χ0n) is 12.5. The highest BCUT2D eigenvalue weighted by Crippen LogP contribution is 2.34. The van der Waals surface area contributed by atoms with Gasteiger partial charge in [0.15, 0.2) is 17.7 Å². The van der Waals surface area contributed by atoms with E-state index in [2.05, 4.69) is 10.3 Å². The third-order valence-electron chi connectivity index (χ3n) is 2.75. The fourth-order valence-corrected chi connectivity index (χ4v) is 3.29. The summed E-state index contributed by atoms with van der Waals surface area (Å²) in [5.41, 5.74) is 0. The van der Waals surface area contributed by atoms with Crippen LogP contribution in [0.25, 0.3) is 0 Å². The Balaban J connectivity index is 0.000000268. The minimum atomic E-state index is -3.98. The van der Waals surface area contributed by atoms with Gasteiger partial charge in [0, 0.05) is 29.2 Å². The van der Waals surface area contributed by atoms with Crippen LogP contribution in [0.3, 0.4) is 0 Å². The standard InChI is InChI=1S/C9H13NO5S2.C5H5N/c1-6(5-17(11,12)13)10-9-2-14-7-3-16-4-8(7)15-9;1-2-4-6-5-3-1/h3-4,6,9-10H,2,5H2,1H3,(H,11,12,13);1-5H. The monoisotopic (exact) mass is 358 g/mol. The molecule has 0 amide bonds. The summed E-state index contributed by atoms with van der Waals surface area (Å²) in [6.45, 7) is 1.96. The Labute approximate surface area is 139 Å². The highest BCUT2D eigenvalue weighted by molar-refractivity contribution is 7.85. The molecule has 23 heavy (non-hydrogen) atoms. The molecule has 2 N–H and O–H groups in total. The number of thiophene rings is 1. The Kier molecular flexibility index (Phi) is 6.34. The summed E-state index contributed by atoms with van der Waals surface area (Å²) < 4.78 is 41.0. The lowest BCUT2D eigenvalue weighted by Crippen LogP contribution is -2.48. The quantitative estimate of drug-likeness (QED) is 0.804. The number of nitrogens with zero attached hydrogens (tertiary/aromatic N) is 1. The maximum absolute atomic E-state index is 10.7. The molecule has 3 rings (SSSR count). The molecule has 1 aliphatic rings. The van der Waals surface area contributed by atoms with Crippen molar-refractivity contribution in [2.24, 2.45) is 0 Å². The first-order valence-corrected chi connectivity index (χ1v) is 9.41. The zero-order chi connectivity index (χ0) is 16.7. The van der Waals surface area contributed by atoms with E-state index in [4.69, 9.17) is 14.0 Å². The first-order chi connectivity index (χ1) is 10.9. The van der Waals surface area contributed by atoms with Crippen molar-refractivity contribution < 1.29 is 22.4 Å². The number of aromatic nitrogens is 1. The topological polar surface area (TPSA) is 97.8 Å². The van der Waals surface area contributed by atoms with E-state index < -0.39 is 22.4 Å². The number of hydrogen-bond donors (Lipinski definition) is 2. The summed E-state index contributed by atoms with van der Waals surface area (Å²) in [4.78, 5) is 3.78. The Morgan fingerprint density at radius 1 is 1.35 bits per heavy atom. The molecule has 0 bridgehead atoms. The van der Waals surface area contributed by atoms with Gasteiger partial charge in [0.05, 0.1) is 5.75 Å². The number of pyridine rings is 1. The molecule has 2 aromatic heterocycles. The molecule has 1 aliphatic heterocycles. The van der Waals surface area contributed by atoms with Crippen LogP contribution >= 0.6 is 11.3 Å². The number of ether oxygens (including phenoxy) is 2. The molecule has 0 aliphatic carbocycles. The summed E-state index contributed by atoms with van der Waals surface area (Å²) in [7, 11) is -3.98. The first-order valence-electron chi connectivity index (χ1n) is 6.86. The summed E-state index contributed by atoms with van der Waals surface area (Å²) in [5, 5.41) is 6.58. The molecule has 0 aromatic carbocycles. The van der Waals surface area contributed by atoms with Crippen LogP contribution in [-0.4, -0.2) is 42.6 Å². The second-order valence-electron chi connectivity index (χ2n) is 4.86. The molecule has 2 atom stereocenters. The molecular weight excluding hydrogens is 340 g/mol. The van der Waals surface area contributed by atoms with Crippen LogP contribution in [-0.2, 0) is 10.1 Å². The van der Waals surface area contributed by atoms with E-state index >= 15 is 0 Å². The van der Waals surface area contributed by atoms with Crippen molar-refractivity contribution >= 4 is 21.5 Å². The molecule has 7 nitrogen and oxygen atoms in total. The van der Waals surface area contributed by atoms with Crippen LogP contribution in [0.15, 0.2) is 41.4 Å². The second kappa shape index (κ2) is 8.25. The van der Waals surface area contributed by atoms with Gasteiger partial charge < -0.3 is 9.47 Å². The van der Waals surface area contributed by atoms with Crippen LogP contribution in [0.5, 0.6) is 11.5 Å². The molecule has 0 fully saturated rings. The van der Waals surface area contributed by atoms with Crippen LogP contribution in [0.4, 0.5) is 0 Å². The van der Waals surface area contributed by atoms with E-state index in [1.54, 1.807) is 19.3 Å². The maximum atomic E-state index is 10.7. The number of hydrogen-bond acceptors (Lipinski definition) is 7. The Morgan fingerprint density at radius 2 is 2.04 bits per heavy atom. The fraction of sp³-hybridized carbons (Fsp3) is 0.357. The van der Waals surface area contributed by atoms with Gasteiger partial charge in [-0.2, -0.15) is 8.42 Å². The largest absolute Gasteiger partial charge is 0.483 e. The van der Waals surface area contributed by atoms with E-state index in [1.165, 1.54) is 11.3 Å². The minimum absolute atomic E-state index is 0.305. The normalized spacial score (nSPS) is 17.7. The summed E-state index contributed by atoms with van der Waals surface area (Å²) in [5.74, 6) is 0.997. The summed E-state index contributed by atoms with van der Waals surface area (Å²) in [6.07, 6.45) is 3.09. The van der Waals surface area contributed by atoms with Gasteiger partial charge in [-0.3, -0.25) is 14.9 Å². The molecule has 2 aromatic rings. The highest BCUT2D eigenvalue weighted by Gasteiger charge is 2.24. The van der Waals surface area contributed by atoms with E-state index in [9.17, 15) is 8.42 Å². The molecule has 0 saturated heterocycles. The van der Waals surface area contributed by atoms with Crippen molar-refractivity contribution in [1.82, 2.24) is 10.3 Å². The van der Waals surface area contributed by atoms with Gasteiger partial charge in [0.1, 0.15) is 6.61 Å². The molecule has 126 valence electrons. The lowest BCUT2D eigenvalue weighted by atomic mass is 10.3.